The molecule has 0 saturated heterocycles. The maximum atomic E-state index is 8.99. The van der Waals surface area contributed by atoms with Gasteiger partial charge in [-0.3, -0.25) is 4.57 Å². The van der Waals surface area contributed by atoms with E-state index in [2.05, 4.69) is 22.8 Å². The third kappa shape index (κ3) is 3.17. The molecule has 1 aliphatic heterocycles. The Morgan fingerprint density at radius 1 is 1.48 bits per heavy atom. The fourth-order valence-electron chi connectivity index (χ4n) is 2.26. The van der Waals surface area contributed by atoms with Gasteiger partial charge >= 0.3 is 0 Å². The molecule has 0 spiro atoms. The molecular weight excluding hydrogens is 312 g/mol. The van der Waals surface area contributed by atoms with E-state index in [1.807, 2.05) is 35.8 Å². The van der Waals surface area contributed by atoms with E-state index in [0.717, 1.165) is 5.75 Å². The van der Waals surface area contributed by atoms with Crippen molar-refractivity contribution < 1.29 is 9.47 Å². The molecule has 7 heteroatoms. The highest BCUT2D eigenvalue weighted by molar-refractivity contribution is 8.00. The lowest BCUT2D eigenvalue weighted by molar-refractivity contribution is 0.0821. The number of thioether (sulfide) groups is 1. The Kier molecular flexibility index (Phi) is 4.53. The predicted molar refractivity (Wildman–Crippen MR) is 86.5 cm³/mol. The number of nitriles is 1. The van der Waals surface area contributed by atoms with Gasteiger partial charge in [-0.2, -0.15) is 5.26 Å². The fraction of sp³-hybridized carbons (Fsp3) is 0.312. The summed E-state index contributed by atoms with van der Waals surface area (Å²) in [5.74, 6) is 2.09. The van der Waals surface area contributed by atoms with Crippen molar-refractivity contribution in [3.63, 3.8) is 0 Å². The first kappa shape index (κ1) is 15.4. The van der Waals surface area contributed by atoms with Crippen LogP contribution in [0.2, 0.25) is 0 Å². The molecule has 2 heterocycles. The molecule has 23 heavy (non-hydrogen) atoms. The number of benzene rings is 1. The molecule has 0 bridgehead atoms. The SMILES string of the molecule is C=CCn1c(S[C@H](C)C#N)nnc1[C@@H]1COc2ccccc2O1. The Labute approximate surface area is 138 Å². The normalized spacial score (nSPS) is 17.3. The van der Waals surface area contributed by atoms with Crippen LogP contribution in [0.25, 0.3) is 0 Å². The van der Waals surface area contributed by atoms with Crippen LogP contribution in [0.15, 0.2) is 42.1 Å². The van der Waals surface area contributed by atoms with Gasteiger partial charge in [0.1, 0.15) is 6.61 Å². The molecule has 6 nitrogen and oxygen atoms in total. The fourth-order valence-corrected chi connectivity index (χ4v) is 3.01. The number of ether oxygens (including phenoxy) is 2. The lowest BCUT2D eigenvalue weighted by Crippen LogP contribution is -2.25. The zero-order chi connectivity index (χ0) is 16.2. The monoisotopic (exact) mass is 328 g/mol. The number of hydrogen-bond acceptors (Lipinski definition) is 6. The van der Waals surface area contributed by atoms with E-state index < -0.39 is 0 Å². The summed E-state index contributed by atoms with van der Waals surface area (Å²) in [7, 11) is 0. The Balaban J connectivity index is 1.88. The molecule has 0 aliphatic carbocycles. The van der Waals surface area contributed by atoms with Gasteiger partial charge in [0.15, 0.2) is 28.6 Å². The smallest absolute Gasteiger partial charge is 0.192 e. The van der Waals surface area contributed by atoms with Crippen LogP contribution in [0, 0.1) is 11.3 Å². The minimum Gasteiger partial charge on any atom is -0.485 e. The standard InChI is InChI=1S/C16H16N4O2S/c1-3-8-20-15(18-19-16(20)23-11(2)9-17)14-10-21-12-6-4-5-7-13(12)22-14/h3-7,11,14H,1,8,10H2,2H3/t11-,14+/m1/s1. The van der Waals surface area contributed by atoms with Gasteiger partial charge in [0.05, 0.1) is 11.3 Å². The third-order valence-electron chi connectivity index (χ3n) is 3.32. The summed E-state index contributed by atoms with van der Waals surface area (Å²) >= 11 is 1.36. The molecule has 0 unspecified atom stereocenters. The molecule has 3 rings (SSSR count). The van der Waals surface area contributed by atoms with Gasteiger partial charge in [0.25, 0.3) is 0 Å². The van der Waals surface area contributed by atoms with E-state index in [4.69, 9.17) is 14.7 Å². The number of rotatable bonds is 5. The van der Waals surface area contributed by atoms with Crippen LogP contribution in [0.1, 0.15) is 18.9 Å². The van der Waals surface area contributed by atoms with Crippen molar-refractivity contribution >= 4 is 11.8 Å². The first-order valence-corrected chi connectivity index (χ1v) is 8.09. The molecule has 2 atom stereocenters. The summed E-state index contributed by atoms with van der Waals surface area (Å²) in [6.45, 7) is 6.51. The van der Waals surface area contributed by atoms with Crippen molar-refractivity contribution in [3.8, 4) is 17.6 Å². The van der Waals surface area contributed by atoms with Gasteiger partial charge < -0.3 is 9.47 Å². The van der Waals surface area contributed by atoms with Gasteiger partial charge in [-0.15, -0.1) is 16.8 Å². The first-order valence-electron chi connectivity index (χ1n) is 7.21. The molecular formula is C16H16N4O2S. The second-order valence-electron chi connectivity index (χ2n) is 4.99. The lowest BCUT2D eigenvalue weighted by atomic mass is 10.2. The van der Waals surface area contributed by atoms with Crippen LogP contribution in [-0.4, -0.2) is 26.6 Å². The van der Waals surface area contributed by atoms with E-state index in [-0.39, 0.29) is 11.4 Å². The number of nitrogens with zero attached hydrogens (tertiary/aromatic N) is 4. The molecule has 0 amide bonds. The highest BCUT2D eigenvalue weighted by Crippen LogP contribution is 2.36. The predicted octanol–water partition coefficient (Wildman–Crippen LogP) is 2.98. The Morgan fingerprint density at radius 3 is 3.00 bits per heavy atom. The number of fused-ring (bicyclic) bond motifs is 1. The summed E-state index contributed by atoms with van der Waals surface area (Å²) in [6.07, 6.45) is 1.43. The number of aromatic nitrogens is 3. The average Bonchev–Trinajstić information content (AvgIpc) is 2.97. The summed E-state index contributed by atoms with van der Waals surface area (Å²) in [4.78, 5) is 0. The van der Waals surface area contributed by atoms with Crippen molar-refractivity contribution in [2.45, 2.75) is 30.0 Å². The Bertz CT molecular complexity index is 753. The minimum atomic E-state index is -0.343. The molecule has 118 valence electrons. The van der Waals surface area contributed by atoms with E-state index in [9.17, 15) is 0 Å². The van der Waals surface area contributed by atoms with Gasteiger partial charge in [-0.1, -0.05) is 30.0 Å². The van der Waals surface area contributed by atoms with Crippen LogP contribution in [-0.2, 0) is 6.54 Å². The summed E-state index contributed by atoms with van der Waals surface area (Å²) in [5, 5.41) is 17.9. The van der Waals surface area contributed by atoms with Crippen molar-refractivity contribution in [2.75, 3.05) is 6.61 Å². The molecule has 1 aromatic carbocycles. The van der Waals surface area contributed by atoms with Gasteiger partial charge in [0.2, 0.25) is 0 Å². The number of para-hydroxylation sites is 2. The van der Waals surface area contributed by atoms with Crippen molar-refractivity contribution in [2.24, 2.45) is 0 Å². The van der Waals surface area contributed by atoms with Crippen molar-refractivity contribution in [1.82, 2.24) is 14.8 Å². The second kappa shape index (κ2) is 6.75. The molecule has 0 N–H and O–H groups in total. The Hall–Kier alpha value is -2.46. The molecule has 0 radical (unpaired) electrons. The van der Waals surface area contributed by atoms with E-state index in [0.29, 0.717) is 29.9 Å². The maximum Gasteiger partial charge on any atom is 0.192 e. The molecule has 2 aromatic rings. The van der Waals surface area contributed by atoms with E-state index in [1.165, 1.54) is 11.8 Å². The molecule has 0 saturated carbocycles. The van der Waals surface area contributed by atoms with Crippen LogP contribution in [0.3, 0.4) is 0 Å². The highest BCUT2D eigenvalue weighted by atomic mass is 32.2. The summed E-state index contributed by atoms with van der Waals surface area (Å²) in [5.41, 5.74) is 0. The zero-order valence-electron chi connectivity index (χ0n) is 12.7. The largest absolute Gasteiger partial charge is 0.485 e. The average molecular weight is 328 g/mol. The Morgan fingerprint density at radius 2 is 2.26 bits per heavy atom. The molecule has 0 fully saturated rings. The number of hydrogen-bond donors (Lipinski definition) is 0. The zero-order valence-corrected chi connectivity index (χ0v) is 13.5. The lowest BCUT2D eigenvalue weighted by Gasteiger charge is -2.26. The van der Waals surface area contributed by atoms with Crippen LogP contribution in [0.4, 0.5) is 0 Å². The van der Waals surface area contributed by atoms with E-state index >= 15 is 0 Å². The van der Waals surface area contributed by atoms with Crippen LogP contribution < -0.4 is 9.47 Å². The van der Waals surface area contributed by atoms with Crippen LogP contribution in [0.5, 0.6) is 11.5 Å². The van der Waals surface area contributed by atoms with Gasteiger partial charge in [-0.05, 0) is 19.1 Å². The quantitative estimate of drug-likeness (QED) is 0.620. The van der Waals surface area contributed by atoms with Crippen LogP contribution >= 0.6 is 11.8 Å². The number of allylic oxidation sites excluding steroid dienone is 1. The third-order valence-corrected chi connectivity index (χ3v) is 4.29. The summed E-state index contributed by atoms with van der Waals surface area (Å²) < 4.78 is 13.6. The maximum absolute atomic E-state index is 8.99. The second-order valence-corrected chi connectivity index (χ2v) is 6.30. The molecule has 1 aromatic heterocycles. The topological polar surface area (TPSA) is 73.0 Å². The first-order chi connectivity index (χ1) is 11.2. The highest BCUT2D eigenvalue weighted by Gasteiger charge is 2.28. The van der Waals surface area contributed by atoms with Crippen molar-refractivity contribution in [3.05, 3.63) is 42.7 Å². The van der Waals surface area contributed by atoms with Gasteiger partial charge in [-0.25, -0.2) is 0 Å². The minimum absolute atomic E-state index is 0.208. The van der Waals surface area contributed by atoms with Crippen molar-refractivity contribution in [1.29, 1.82) is 5.26 Å². The summed E-state index contributed by atoms with van der Waals surface area (Å²) in [6, 6.07) is 9.72. The molecule has 1 aliphatic rings. The van der Waals surface area contributed by atoms with E-state index in [1.54, 1.807) is 6.08 Å². The van der Waals surface area contributed by atoms with Gasteiger partial charge in [0, 0.05) is 6.54 Å².